The van der Waals surface area contributed by atoms with Gasteiger partial charge in [0.15, 0.2) is 0 Å². The van der Waals surface area contributed by atoms with E-state index in [4.69, 9.17) is 0 Å². The van der Waals surface area contributed by atoms with Crippen LogP contribution in [0, 0.1) is 11.9 Å². The zero-order chi connectivity index (χ0) is 9.97. The standard InChI is InChI=1S/C11H15FN2/c1-8(6-9-2-3-9)14-10-4-5-13-11(12)7-10/h4-5,7-9H,2-3,6H2,1H3,(H,13,14). The van der Waals surface area contributed by atoms with Crippen molar-refractivity contribution in [2.24, 2.45) is 5.92 Å². The van der Waals surface area contributed by atoms with Crippen LogP contribution >= 0.6 is 0 Å². The fourth-order valence-electron chi connectivity index (χ4n) is 1.69. The molecule has 1 fully saturated rings. The van der Waals surface area contributed by atoms with Gasteiger partial charge in [-0.1, -0.05) is 12.8 Å². The number of nitrogens with one attached hydrogen (secondary N) is 1. The Morgan fingerprint density at radius 3 is 3.07 bits per heavy atom. The highest BCUT2D eigenvalue weighted by atomic mass is 19.1. The summed E-state index contributed by atoms with van der Waals surface area (Å²) in [5, 5.41) is 3.27. The molecule has 76 valence electrons. The average molecular weight is 194 g/mol. The second-order valence-electron chi connectivity index (χ2n) is 4.09. The molecule has 0 amide bonds. The molecule has 0 aliphatic heterocycles. The van der Waals surface area contributed by atoms with E-state index < -0.39 is 5.95 Å². The van der Waals surface area contributed by atoms with E-state index in [9.17, 15) is 4.39 Å². The summed E-state index contributed by atoms with van der Waals surface area (Å²) in [6, 6.07) is 3.65. The third kappa shape index (κ3) is 2.69. The van der Waals surface area contributed by atoms with E-state index in [0.29, 0.717) is 6.04 Å². The molecule has 1 aliphatic carbocycles. The number of pyridine rings is 1. The van der Waals surface area contributed by atoms with Crippen LogP contribution in [0.5, 0.6) is 0 Å². The van der Waals surface area contributed by atoms with Crippen molar-refractivity contribution in [3.8, 4) is 0 Å². The minimum Gasteiger partial charge on any atom is -0.382 e. The minimum atomic E-state index is -0.423. The van der Waals surface area contributed by atoms with Crippen molar-refractivity contribution >= 4 is 5.69 Å². The first-order valence-corrected chi connectivity index (χ1v) is 5.12. The SMILES string of the molecule is CC(CC1CC1)Nc1ccnc(F)c1. The molecule has 0 spiro atoms. The summed E-state index contributed by atoms with van der Waals surface area (Å²) in [5.74, 6) is 0.470. The molecule has 2 nitrogen and oxygen atoms in total. The van der Waals surface area contributed by atoms with Crippen LogP contribution in [0.15, 0.2) is 18.3 Å². The van der Waals surface area contributed by atoms with Gasteiger partial charge in [0.1, 0.15) is 0 Å². The Morgan fingerprint density at radius 2 is 2.43 bits per heavy atom. The maximum atomic E-state index is 12.7. The Kier molecular flexibility index (Phi) is 2.66. The molecule has 1 atom stereocenters. The topological polar surface area (TPSA) is 24.9 Å². The summed E-state index contributed by atoms with van der Waals surface area (Å²) in [5.41, 5.74) is 0.825. The summed E-state index contributed by atoms with van der Waals surface area (Å²) in [6.45, 7) is 2.14. The molecule has 0 aromatic carbocycles. The first-order chi connectivity index (χ1) is 6.74. The van der Waals surface area contributed by atoms with Crippen molar-refractivity contribution in [1.29, 1.82) is 0 Å². The zero-order valence-corrected chi connectivity index (χ0v) is 8.33. The molecule has 1 unspecified atom stereocenters. The van der Waals surface area contributed by atoms with Crippen LogP contribution in [0.2, 0.25) is 0 Å². The predicted octanol–water partition coefficient (Wildman–Crippen LogP) is 2.82. The molecule has 1 aromatic rings. The Balaban J connectivity index is 1.88. The molecule has 0 bridgehead atoms. The number of hydrogen-bond donors (Lipinski definition) is 1. The van der Waals surface area contributed by atoms with Crippen LogP contribution in [0.1, 0.15) is 26.2 Å². The van der Waals surface area contributed by atoms with E-state index in [2.05, 4.69) is 17.2 Å². The molecular weight excluding hydrogens is 179 g/mol. The van der Waals surface area contributed by atoms with Gasteiger partial charge in [0.2, 0.25) is 5.95 Å². The molecule has 0 saturated heterocycles. The maximum absolute atomic E-state index is 12.7. The van der Waals surface area contributed by atoms with Crippen molar-refractivity contribution in [2.75, 3.05) is 5.32 Å². The summed E-state index contributed by atoms with van der Waals surface area (Å²) in [7, 11) is 0. The minimum absolute atomic E-state index is 0.421. The Bertz CT molecular complexity index is 310. The van der Waals surface area contributed by atoms with Gasteiger partial charge in [0.25, 0.3) is 0 Å². The monoisotopic (exact) mass is 194 g/mol. The first kappa shape index (κ1) is 9.44. The van der Waals surface area contributed by atoms with Crippen LogP contribution in [0.25, 0.3) is 0 Å². The van der Waals surface area contributed by atoms with Gasteiger partial charge in [-0.25, -0.2) is 4.98 Å². The number of halogens is 1. The van der Waals surface area contributed by atoms with E-state index in [-0.39, 0.29) is 0 Å². The molecule has 3 heteroatoms. The second-order valence-corrected chi connectivity index (χ2v) is 4.09. The number of anilines is 1. The van der Waals surface area contributed by atoms with E-state index in [1.165, 1.54) is 31.5 Å². The fourth-order valence-corrected chi connectivity index (χ4v) is 1.69. The number of rotatable bonds is 4. The third-order valence-corrected chi connectivity index (χ3v) is 2.52. The first-order valence-electron chi connectivity index (χ1n) is 5.12. The third-order valence-electron chi connectivity index (χ3n) is 2.52. The van der Waals surface area contributed by atoms with Crippen LogP contribution in [0.3, 0.4) is 0 Å². The average Bonchev–Trinajstić information content (AvgIpc) is 2.87. The van der Waals surface area contributed by atoms with Gasteiger partial charge in [-0.3, -0.25) is 0 Å². The van der Waals surface area contributed by atoms with Crippen LogP contribution in [-0.4, -0.2) is 11.0 Å². The smallest absolute Gasteiger partial charge is 0.214 e. The van der Waals surface area contributed by atoms with E-state index in [0.717, 1.165) is 11.6 Å². The van der Waals surface area contributed by atoms with Crippen molar-refractivity contribution in [1.82, 2.24) is 4.98 Å². The Hall–Kier alpha value is -1.12. The van der Waals surface area contributed by atoms with Gasteiger partial charge in [-0.2, -0.15) is 4.39 Å². The normalized spacial score (nSPS) is 17.9. The number of nitrogens with zero attached hydrogens (tertiary/aromatic N) is 1. The molecular formula is C11H15FN2. The molecule has 1 heterocycles. The highest BCUT2D eigenvalue weighted by Gasteiger charge is 2.23. The largest absolute Gasteiger partial charge is 0.382 e. The zero-order valence-electron chi connectivity index (χ0n) is 8.33. The van der Waals surface area contributed by atoms with E-state index in [1.54, 1.807) is 6.07 Å². The van der Waals surface area contributed by atoms with E-state index >= 15 is 0 Å². The van der Waals surface area contributed by atoms with Gasteiger partial charge in [-0.15, -0.1) is 0 Å². The lowest BCUT2D eigenvalue weighted by molar-refractivity contribution is 0.583. The van der Waals surface area contributed by atoms with Crippen molar-refractivity contribution in [2.45, 2.75) is 32.2 Å². The molecule has 1 N–H and O–H groups in total. The Morgan fingerprint density at radius 1 is 1.64 bits per heavy atom. The lowest BCUT2D eigenvalue weighted by Crippen LogP contribution is -2.15. The highest BCUT2D eigenvalue weighted by Crippen LogP contribution is 2.34. The van der Waals surface area contributed by atoms with Crippen LogP contribution in [0.4, 0.5) is 10.1 Å². The van der Waals surface area contributed by atoms with Gasteiger partial charge in [0.05, 0.1) is 0 Å². The molecule has 1 saturated carbocycles. The molecule has 1 aromatic heterocycles. The highest BCUT2D eigenvalue weighted by molar-refractivity contribution is 5.42. The van der Waals surface area contributed by atoms with Crippen LogP contribution < -0.4 is 5.32 Å². The quantitative estimate of drug-likeness (QED) is 0.745. The van der Waals surface area contributed by atoms with Gasteiger partial charge in [0, 0.05) is 24.0 Å². The van der Waals surface area contributed by atoms with Gasteiger partial charge >= 0.3 is 0 Å². The van der Waals surface area contributed by atoms with Crippen molar-refractivity contribution < 1.29 is 4.39 Å². The molecule has 1 aliphatic rings. The van der Waals surface area contributed by atoms with Gasteiger partial charge in [-0.05, 0) is 25.3 Å². The summed E-state index contributed by atoms with van der Waals surface area (Å²) >= 11 is 0. The lowest BCUT2D eigenvalue weighted by atomic mass is 10.1. The summed E-state index contributed by atoms with van der Waals surface area (Å²) in [6.07, 6.45) is 5.39. The van der Waals surface area contributed by atoms with E-state index in [1.807, 2.05) is 0 Å². The summed E-state index contributed by atoms with van der Waals surface area (Å²) in [4.78, 5) is 3.51. The van der Waals surface area contributed by atoms with Crippen LogP contribution in [-0.2, 0) is 0 Å². The van der Waals surface area contributed by atoms with Gasteiger partial charge < -0.3 is 5.32 Å². The van der Waals surface area contributed by atoms with Crippen molar-refractivity contribution in [3.05, 3.63) is 24.3 Å². The fraction of sp³-hybridized carbons (Fsp3) is 0.545. The second kappa shape index (κ2) is 3.95. The lowest BCUT2D eigenvalue weighted by Gasteiger charge is -2.14. The molecule has 2 rings (SSSR count). The molecule has 0 radical (unpaired) electrons. The summed E-state index contributed by atoms with van der Waals surface area (Å²) < 4.78 is 12.7. The maximum Gasteiger partial charge on any atom is 0.214 e. The Labute approximate surface area is 83.6 Å². The molecule has 14 heavy (non-hydrogen) atoms. The number of aromatic nitrogens is 1. The van der Waals surface area contributed by atoms with Crippen molar-refractivity contribution in [3.63, 3.8) is 0 Å². The predicted molar refractivity (Wildman–Crippen MR) is 54.6 cm³/mol. The number of hydrogen-bond acceptors (Lipinski definition) is 2.